The highest BCUT2D eigenvalue weighted by atomic mass is 79.9. The van der Waals surface area contributed by atoms with Crippen LogP contribution >= 0.6 is 27.3 Å². The lowest BCUT2D eigenvalue weighted by Gasteiger charge is -2.20. The minimum Gasteiger partial charge on any atom is -0.506 e. The van der Waals surface area contributed by atoms with Crippen LogP contribution in [0.25, 0.3) is 0 Å². The Balaban J connectivity index is 2.39. The first kappa shape index (κ1) is 16.3. The summed E-state index contributed by atoms with van der Waals surface area (Å²) in [5, 5.41) is 9.88. The van der Waals surface area contributed by atoms with Crippen molar-refractivity contribution in [3.63, 3.8) is 0 Å². The van der Waals surface area contributed by atoms with Crippen LogP contribution in [0.4, 0.5) is 5.69 Å². The Morgan fingerprint density at radius 1 is 1.19 bits per heavy atom. The number of halogens is 1. The maximum Gasteiger partial charge on any atom is 0.271 e. The number of benzene rings is 1. The molecule has 114 valence electrons. The first-order valence-electron chi connectivity index (χ1n) is 6.21. The van der Waals surface area contributed by atoms with E-state index in [0.717, 1.165) is 20.7 Å². The number of phenols is 1. The highest BCUT2D eigenvalue weighted by molar-refractivity contribution is 9.11. The minimum absolute atomic E-state index is 0.0952. The molecular weight excluding hydrogens is 374 g/mol. The van der Waals surface area contributed by atoms with Crippen LogP contribution in [0, 0.1) is 0 Å². The molecular formula is C14H16BrNO3S2. The van der Waals surface area contributed by atoms with Gasteiger partial charge in [0, 0.05) is 0 Å². The van der Waals surface area contributed by atoms with Crippen molar-refractivity contribution in [2.45, 2.75) is 30.4 Å². The van der Waals surface area contributed by atoms with E-state index in [2.05, 4.69) is 20.7 Å². The van der Waals surface area contributed by atoms with Crippen LogP contribution in [0.1, 0.15) is 26.3 Å². The van der Waals surface area contributed by atoms with Crippen LogP contribution in [0.3, 0.4) is 0 Å². The summed E-state index contributed by atoms with van der Waals surface area (Å²) in [5.74, 6) is -0.0952. The molecule has 0 aliphatic carbocycles. The molecule has 1 aromatic heterocycles. The summed E-state index contributed by atoms with van der Waals surface area (Å²) < 4.78 is 28.0. The Morgan fingerprint density at radius 2 is 1.86 bits per heavy atom. The highest BCUT2D eigenvalue weighted by Crippen LogP contribution is 2.33. The summed E-state index contributed by atoms with van der Waals surface area (Å²) in [6.45, 7) is 6.07. The van der Waals surface area contributed by atoms with Gasteiger partial charge in [0.05, 0.1) is 9.47 Å². The molecule has 0 atom stereocenters. The van der Waals surface area contributed by atoms with Gasteiger partial charge in [0.1, 0.15) is 9.96 Å². The zero-order valence-corrected chi connectivity index (χ0v) is 15.1. The molecule has 0 amide bonds. The fraction of sp³-hybridized carbons (Fsp3) is 0.286. The first-order valence-corrected chi connectivity index (χ1v) is 9.30. The van der Waals surface area contributed by atoms with E-state index < -0.39 is 10.0 Å². The molecule has 0 aliphatic heterocycles. The summed E-state index contributed by atoms with van der Waals surface area (Å²) >= 11 is 4.35. The lowest BCUT2D eigenvalue weighted by Crippen LogP contribution is -2.14. The summed E-state index contributed by atoms with van der Waals surface area (Å²) in [4.78, 5) is 0. The normalized spacial score (nSPS) is 12.4. The quantitative estimate of drug-likeness (QED) is 0.768. The zero-order chi connectivity index (χ0) is 15.8. The fourth-order valence-corrected chi connectivity index (χ4v) is 4.80. The predicted octanol–water partition coefficient (Wildman–Crippen LogP) is 4.31. The van der Waals surface area contributed by atoms with Gasteiger partial charge >= 0.3 is 0 Å². The van der Waals surface area contributed by atoms with Crippen molar-refractivity contribution in [3.05, 3.63) is 39.7 Å². The molecule has 0 saturated carbocycles. The first-order chi connectivity index (χ1) is 9.59. The Morgan fingerprint density at radius 3 is 2.38 bits per heavy atom. The van der Waals surface area contributed by atoms with Gasteiger partial charge in [-0.2, -0.15) is 0 Å². The van der Waals surface area contributed by atoms with Crippen molar-refractivity contribution in [1.29, 1.82) is 0 Å². The molecule has 1 aromatic carbocycles. The summed E-state index contributed by atoms with van der Waals surface area (Å²) in [5.41, 5.74) is 0.983. The number of hydrogen-bond acceptors (Lipinski definition) is 4. The summed E-state index contributed by atoms with van der Waals surface area (Å²) in [6.07, 6.45) is 0. The molecule has 0 bridgehead atoms. The fourth-order valence-electron chi connectivity index (χ4n) is 1.72. The molecule has 0 radical (unpaired) electrons. The van der Waals surface area contributed by atoms with E-state index in [4.69, 9.17) is 0 Å². The lowest BCUT2D eigenvalue weighted by molar-refractivity contribution is 0.476. The number of anilines is 1. The largest absolute Gasteiger partial charge is 0.506 e. The van der Waals surface area contributed by atoms with E-state index in [-0.39, 0.29) is 21.1 Å². The second kappa shape index (κ2) is 5.62. The average molecular weight is 390 g/mol. The third kappa shape index (κ3) is 3.78. The molecule has 21 heavy (non-hydrogen) atoms. The SMILES string of the molecule is CC(C)(C)c1ccc(O)c(NS(=O)(=O)c2ccc(Br)s2)c1. The number of sulfonamides is 1. The van der Waals surface area contributed by atoms with E-state index in [1.54, 1.807) is 18.2 Å². The molecule has 1 heterocycles. The van der Waals surface area contributed by atoms with Gasteiger partial charge in [-0.25, -0.2) is 8.42 Å². The number of nitrogens with one attached hydrogen (secondary N) is 1. The van der Waals surface area contributed by atoms with Crippen LogP contribution in [0.5, 0.6) is 5.75 Å². The summed E-state index contributed by atoms with van der Waals surface area (Å²) in [7, 11) is -3.70. The maximum absolute atomic E-state index is 12.3. The van der Waals surface area contributed by atoms with E-state index in [9.17, 15) is 13.5 Å². The third-order valence-corrected chi connectivity index (χ3v) is 6.40. The molecule has 0 aliphatic rings. The topological polar surface area (TPSA) is 66.4 Å². The van der Waals surface area contributed by atoms with E-state index >= 15 is 0 Å². The highest BCUT2D eigenvalue weighted by Gasteiger charge is 2.20. The Labute approximate surface area is 137 Å². The van der Waals surface area contributed by atoms with Crippen molar-refractivity contribution < 1.29 is 13.5 Å². The second-order valence-corrected chi connectivity index (χ2v) is 10.0. The molecule has 4 nitrogen and oxygen atoms in total. The van der Waals surface area contributed by atoms with Crippen molar-refractivity contribution in [2.24, 2.45) is 0 Å². The van der Waals surface area contributed by atoms with Crippen molar-refractivity contribution in [2.75, 3.05) is 4.72 Å². The molecule has 0 unspecified atom stereocenters. The maximum atomic E-state index is 12.3. The Bertz CT molecular complexity index is 761. The molecule has 7 heteroatoms. The number of phenolic OH excluding ortho intramolecular Hbond substituents is 1. The van der Waals surface area contributed by atoms with Gasteiger partial charge in [0.15, 0.2) is 0 Å². The summed E-state index contributed by atoms with van der Waals surface area (Å²) in [6, 6.07) is 8.14. The van der Waals surface area contributed by atoms with Crippen LogP contribution in [-0.4, -0.2) is 13.5 Å². The molecule has 0 spiro atoms. The van der Waals surface area contributed by atoms with Crippen molar-refractivity contribution in [1.82, 2.24) is 0 Å². The smallest absolute Gasteiger partial charge is 0.271 e. The van der Waals surface area contributed by atoms with Crippen molar-refractivity contribution in [3.8, 4) is 5.75 Å². The van der Waals surface area contributed by atoms with Gasteiger partial charge in [0.25, 0.3) is 10.0 Å². The standard InChI is InChI=1S/C14H16BrNO3S2/c1-14(2,3)9-4-5-11(17)10(8-9)16-21(18,19)13-7-6-12(15)20-13/h4-8,16-17H,1-3H3. The van der Waals surface area contributed by atoms with Gasteiger partial charge in [0.2, 0.25) is 0 Å². The minimum atomic E-state index is -3.70. The number of hydrogen-bond donors (Lipinski definition) is 2. The monoisotopic (exact) mass is 389 g/mol. The van der Waals surface area contributed by atoms with Gasteiger partial charge in [-0.1, -0.05) is 26.8 Å². The average Bonchev–Trinajstić information content (AvgIpc) is 2.78. The number of thiophene rings is 1. The molecule has 0 saturated heterocycles. The van der Waals surface area contributed by atoms with E-state index in [0.29, 0.717) is 0 Å². The predicted molar refractivity (Wildman–Crippen MR) is 89.6 cm³/mol. The number of aromatic hydroxyl groups is 1. The van der Waals surface area contributed by atoms with Crippen LogP contribution in [-0.2, 0) is 15.4 Å². The molecule has 2 aromatic rings. The van der Waals surface area contributed by atoms with Crippen LogP contribution in [0.15, 0.2) is 38.3 Å². The zero-order valence-electron chi connectivity index (χ0n) is 11.8. The molecule has 2 N–H and O–H groups in total. The molecule has 0 fully saturated rings. The van der Waals surface area contributed by atoms with Gasteiger partial charge < -0.3 is 5.11 Å². The number of rotatable bonds is 3. The van der Waals surface area contributed by atoms with Crippen molar-refractivity contribution >= 4 is 43.0 Å². The molecule has 2 rings (SSSR count). The Hall–Kier alpha value is -1.05. The van der Waals surface area contributed by atoms with Gasteiger partial charge in [-0.3, -0.25) is 4.72 Å². The Kier molecular flexibility index (Phi) is 4.37. The van der Waals surface area contributed by atoms with Gasteiger partial charge in [-0.05, 0) is 51.2 Å². The van der Waals surface area contributed by atoms with E-state index in [1.807, 2.05) is 20.8 Å². The third-order valence-electron chi connectivity index (χ3n) is 2.92. The second-order valence-electron chi connectivity index (χ2n) is 5.65. The van der Waals surface area contributed by atoms with E-state index in [1.165, 1.54) is 12.1 Å². The van der Waals surface area contributed by atoms with Gasteiger partial charge in [-0.15, -0.1) is 11.3 Å². The lowest BCUT2D eigenvalue weighted by atomic mass is 9.87. The van der Waals surface area contributed by atoms with Crippen LogP contribution in [0.2, 0.25) is 0 Å². The van der Waals surface area contributed by atoms with Crippen LogP contribution < -0.4 is 4.72 Å².